The van der Waals surface area contributed by atoms with E-state index in [9.17, 15) is 22.8 Å². The van der Waals surface area contributed by atoms with Crippen molar-refractivity contribution < 1.29 is 27.5 Å². The number of halogens is 3. The molecule has 232 valence electrons. The van der Waals surface area contributed by atoms with Crippen LogP contribution in [0.15, 0.2) is 60.8 Å². The lowest BCUT2D eigenvalue weighted by Crippen LogP contribution is -2.37. The van der Waals surface area contributed by atoms with Gasteiger partial charge in [0.25, 0.3) is 5.91 Å². The fourth-order valence-electron chi connectivity index (χ4n) is 4.81. The molecule has 3 amide bonds. The minimum atomic E-state index is -4.41. The van der Waals surface area contributed by atoms with Gasteiger partial charge < -0.3 is 35.1 Å². The smallest absolute Gasteiger partial charge is 0.378 e. The summed E-state index contributed by atoms with van der Waals surface area (Å²) in [7, 11) is 3.54. The predicted molar refractivity (Wildman–Crippen MR) is 162 cm³/mol. The summed E-state index contributed by atoms with van der Waals surface area (Å²) in [5.74, 6) is 0.696. The number of nitrogens with one attached hydrogen (secondary N) is 3. The number of benzene rings is 2. The number of carbonyl (C=O) groups is 2. The summed E-state index contributed by atoms with van der Waals surface area (Å²) in [5.41, 5.74) is 2.26. The fraction of sp³-hybridized carbons (Fsp3) is 0.333. The van der Waals surface area contributed by atoms with Gasteiger partial charge in [-0.1, -0.05) is 0 Å². The van der Waals surface area contributed by atoms with E-state index in [1.54, 1.807) is 66.5 Å². The van der Waals surface area contributed by atoms with Crippen LogP contribution in [-0.4, -0.2) is 91.0 Å². The Labute approximate surface area is 252 Å². The number of hydrogen-bond acceptors (Lipinski definition) is 7. The highest BCUT2D eigenvalue weighted by Gasteiger charge is 2.30. The van der Waals surface area contributed by atoms with Crippen molar-refractivity contribution in [3.63, 3.8) is 0 Å². The normalized spacial score (nSPS) is 13.6. The third kappa shape index (κ3) is 7.44. The minimum Gasteiger partial charge on any atom is -0.378 e. The standard InChI is InChI=1S/C30H33F3N8O3/c1-34-12-14-39(2)28(42)21-5-9-23(10-6-21)36-29(43)35-22-7-3-20(4-8-22)25-37-26(40-15-17-44-18-16-40)24-11-13-41(27(24)38-25)19-30(31,32)33/h3-11,13,34H,12,14-19H2,1-2H3,(H2,35,36,43). The molecule has 1 aliphatic rings. The third-order valence-electron chi connectivity index (χ3n) is 7.09. The Morgan fingerprint density at radius 1 is 0.955 bits per heavy atom. The molecular weight excluding hydrogens is 577 g/mol. The van der Waals surface area contributed by atoms with Crippen molar-refractivity contribution in [2.24, 2.45) is 0 Å². The minimum absolute atomic E-state index is 0.120. The van der Waals surface area contributed by atoms with Crippen molar-refractivity contribution >= 4 is 40.2 Å². The zero-order chi connectivity index (χ0) is 31.3. The average molecular weight is 611 g/mol. The van der Waals surface area contributed by atoms with Crippen molar-refractivity contribution in [3.05, 3.63) is 66.4 Å². The average Bonchev–Trinajstić information content (AvgIpc) is 3.41. The van der Waals surface area contributed by atoms with E-state index < -0.39 is 18.8 Å². The van der Waals surface area contributed by atoms with E-state index in [2.05, 4.69) is 20.9 Å². The Hall–Kier alpha value is -4.69. The molecule has 0 spiro atoms. The summed E-state index contributed by atoms with van der Waals surface area (Å²) in [6.45, 7) is 2.17. The number of amides is 3. The van der Waals surface area contributed by atoms with E-state index in [1.807, 2.05) is 11.9 Å². The number of hydrogen-bond donors (Lipinski definition) is 3. The Morgan fingerprint density at radius 2 is 1.59 bits per heavy atom. The largest absolute Gasteiger partial charge is 0.406 e. The molecule has 1 aliphatic heterocycles. The van der Waals surface area contributed by atoms with Crippen LogP contribution in [0.25, 0.3) is 22.4 Å². The second-order valence-corrected chi connectivity index (χ2v) is 10.3. The van der Waals surface area contributed by atoms with Crippen molar-refractivity contribution in [1.29, 1.82) is 0 Å². The molecule has 44 heavy (non-hydrogen) atoms. The molecule has 0 unspecified atom stereocenters. The second kappa shape index (κ2) is 13.3. The van der Waals surface area contributed by atoms with Crippen molar-refractivity contribution in [2.45, 2.75) is 12.7 Å². The van der Waals surface area contributed by atoms with Gasteiger partial charge in [0.1, 0.15) is 18.0 Å². The maximum Gasteiger partial charge on any atom is 0.406 e. The van der Waals surface area contributed by atoms with Crippen molar-refractivity contribution in [2.75, 3.05) is 69.0 Å². The quantitative estimate of drug-likeness (QED) is 0.257. The first-order chi connectivity index (χ1) is 21.1. The van der Waals surface area contributed by atoms with E-state index >= 15 is 0 Å². The predicted octanol–water partition coefficient (Wildman–Crippen LogP) is 4.43. The monoisotopic (exact) mass is 610 g/mol. The van der Waals surface area contributed by atoms with Crippen LogP contribution >= 0.6 is 0 Å². The number of urea groups is 1. The summed E-state index contributed by atoms with van der Waals surface area (Å²) in [5, 5.41) is 9.01. The first-order valence-electron chi connectivity index (χ1n) is 14.1. The van der Waals surface area contributed by atoms with Crippen LogP contribution in [0.2, 0.25) is 0 Å². The van der Waals surface area contributed by atoms with Gasteiger partial charge in [0.2, 0.25) is 0 Å². The number of carbonyl (C=O) groups excluding carboxylic acids is 2. The van der Waals surface area contributed by atoms with E-state index in [-0.39, 0.29) is 17.4 Å². The molecule has 5 rings (SSSR count). The van der Waals surface area contributed by atoms with E-state index in [4.69, 9.17) is 9.72 Å². The van der Waals surface area contributed by atoms with Gasteiger partial charge in [-0.3, -0.25) is 4.79 Å². The molecule has 4 aromatic rings. The summed E-state index contributed by atoms with van der Waals surface area (Å²) in [6, 6.07) is 14.4. The van der Waals surface area contributed by atoms with Crippen LogP contribution in [0.3, 0.4) is 0 Å². The van der Waals surface area contributed by atoms with E-state index in [0.29, 0.717) is 73.1 Å². The Kier molecular flexibility index (Phi) is 9.30. The zero-order valence-electron chi connectivity index (χ0n) is 24.3. The van der Waals surface area contributed by atoms with Crippen LogP contribution in [0, 0.1) is 0 Å². The molecule has 14 heteroatoms. The summed E-state index contributed by atoms with van der Waals surface area (Å²) >= 11 is 0. The Balaban J connectivity index is 1.29. The highest BCUT2D eigenvalue weighted by molar-refractivity contribution is 6.00. The molecule has 0 radical (unpaired) electrons. The SMILES string of the molecule is CNCCN(C)C(=O)c1ccc(NC(=O)Nc2ccc(-c3nc(N4CCOCC4)c4ccn(CC(F)(F)F)c4n3)cc2)cc1. The number of rotatable bonds is 9. The van der Waals surface area contributed by atoms with Gasteiger partial charge in [0.05, 0.1) is 18.6 Å². The highest BCUT2D eigenvalue weighted by Crippen LogP contribution is 2.31. The van der Waals surface area contributed by atoms with Gasteiger partial charge in [-0.25, -0.2) is 14.8 Å². The number of likely N-dealkylation sites (N-methyl/N-ethyl adjacent to an activating group) is 2. The Morgan fingerprint density at radius 3 is 2.20 bits per heavy atom. The lowest BCUT2D eigenvalue weighted by molar-refractivity contribution is -0.139. The van der Waals surface area contributed by atoms with Gasteiger partial charge in [-0.15, -0.1) is 0 Å². The maximum atomic E-state index is 13.3. The van der Waals surface area contributed by atoms with Crippen LogP contribution in [0.1, 0.15) is 10.4 Å². The number of ether oxygens (including phenoxy) is 1. The topological polar surface area (TPSA) is 117 Å². The number of nitrogens with zero attached hydrogens (tertiary/aromatic N) is 5. The molecule has 0 atom stereocenters. The number of anilines is 3. The molecule has 1 saturated heterocycles. The van der Waals surface area contributed by atoms with Gasteiger partial charge in [-0.05, 0) is 61.6 Å². The molecule has 2 aromatic carbocycles. The van der Waals surface area contributed by atoms with Crippen LogP contribution in [0.4, 0.5) is 35.2 Å². The van der Waals surface area contributed by atoms with Gasteiger partial charge >= 0.3 is 12.2 Å². The molecular formula is C30H33F3N8O3. The van der Waals surface area contributed by atoms with Gasteiger partial charge in [-0.2, -0.15) is 13.2 Å². The molecule has 2 aromatic heterocycles. The summed E-state index contributed by atoms with van der Waals surface area (Å²) in [6.07, 6.45) is -3.03. The molecule has 0 saturated carbocycles. The number of aromatic nitrogens is 3. The van der Waals surface area contributed by atoms with E-state index in [0.717, 1.165) is 4.57 Å². The van der Waals surface area contributed by atoms with Crippen LogP contribution in [-0.2, 0) is 11.3 Å². The van der Waals surface area contributed by atoms with Crippen LogP contribution < -0.4 is 20.9 Å². The van der Waals surface area contributed by atoms with Gasteiger partial charge in [0, 0.05) is 61.9 Å². The third-order valence-corrected chi connectivity index (χ3v) is 7.09. The molecule has 3 heterocycles. The van der Waals surface area contributed by atoms with Gasteiger partial charge in [0.15, 0.2) is 5.82 Å². The molecule has 1 fully saturated rings. The lowest BCUT2D eigenvalue weighted by Gasteiger charge is -2.28. The van der Waals surface area contributed by atoms with Crippen molar-refractivity contribution in [3.8, 4) is 11.4 Å². The second-order valence-electron chi connectivity index (χ2n) is 10.3. The number of morpholine rings is 1. The first-order valence-corrected chi connectivity index (χ1v) is 14.1. The Bertz CT molecular complexity index is 1600. The van der Waals surface area contributed by atoms with E-state index in [1.165, 1.54) is 6.20 Å². The number of alkyl halides is 3. The number of fused-ring (bicyclic) bond motifs is 1. The first kappa shape index (κ1) is 30.8. The molecule has 3 N–H and O–H groups in total. The lowest BCUT2D eigenvalue weighted by atomic mass is 10.2. The molecule has 11 nitrogen and oxygen atoms in total. The van der Waals surface area contributed by atoms with Crippen LogP contribution in [0.5, 0.6) is 0 Å². The zero-order valence-corrected chi connectivity index (χ0v) is 24.3. The molecule has 0 aliphatic carbocycles. The summed E-state index contributed by atoms with van der Waals surface area (Å²) < 4.78 is 46.4. The fourth-order valence-corrected chi connectivity index (χ4v) is 4.81. The highest BCUT2D eigenvalue weighted by atomic mass is 19.4. The summed E-state index contributed by atoms with van der Waals surface area (Å²) in [4.78, 5) is 38.0. The maximum absolute atomic E-state index is 13.3. The molecule has 0 bridgehead atoms. The van der Waals surface area contributed by atoms with Crippen molar-refractivity contribution in [1.82, 2.24) is 24.8 Å².